The Morgan fingerprint density at radius 3 is 2.22 bits per heavy atom. The van der Waals surface area contributed by atoms with Crippen LogP contribution >= 0.6 is 0 Å². The average Bonchev–Trinajstić information content (AvgIpc) is 3.20. The van der Waals surface area contributed by atoms with E-state index in [9.17, 15) is 26.3 Å². The van der Waals surface area contributed by atoms with E-state index in [1.54, 1.807) is 24.3 Å². The normalized spacial score (nSPS) is 12.7. The van der Waals surface area contributed by atoms with Crippen molar-refractivity contribution < 1.29 is 31.1 Å². The minimum atomic E-state index is -5.04. The molecule has 0 saturated heterocycles. The molecule has 0 fully saturated rings. The molecule has 0 amide bonds. The van der Waals surface area contributed by atoms with Crippen LogP contribution in [0.1, 0.15) is 17.0 Å². The summed E-state index contributed by atoms with van der Waals surface area (Å²) in [6.45, 7) is 0. The lowest BCUT2D eigenvalue weighted by Crippen LogP contribution is -2.25. The molecular weight excluding hydrogens is 440 g/mol. The Hall–Kier alpha value is -3.67. The van der Waals surface area contributed by atoms with Crippen molar-refractivity contribution in [1.82, 2.24) is 9.78 Å². The smallest absolute Gasteiger partial charge is 0.435 e. The molecule has 0 bridgehead atoms. The quantitative estimate of drug-likeness (QED) is 0.334. The molecule has 0 spiro atoms. The standard InChI is InChI=1S/C20H17F6N5O/c1-32-15-4-2-3-12(9-15)16(27)11-30(28)13-5-7-14(8-6-13)31-18(20(24,25)26)10-17(29-31)19(21,22)23/h2-11H,27-28H2,1H3/b16-11-. The molecule has 0 saturated carbocycles. The van der Waals surface area contributed by atoms with Crippen LogP contribution in [0, 0.1) is 0 Å². The number of benzene rings is 2. The minimum absolute atomic E-state index is 0.0410. The molecule has 0 aliphatic carbocycles. The summed E-state index contributed by atoms with van der Waals surface area (Å²) < 4.78 is 83.6. The highest BCUT2D eigenvalue weighted by Gasteiger charge is 2.42. The van der Waals surface area contributed by atoms with Crippen LogP contribution in [0.15, 0.2) is 60.8 Å². The van der Waals surface area contributed by atoms with Gasteiger partial charge in [-0.25, -0.2) is 10.5 Å². The first-order chi connectivity index (χ1) is 14.9. The molecule has 2 aromatic carbocycles. The lowest BCUT2D eigenvalue weighted by atomic mass is 10.1. The van der Waals surface area contributed by atoms with Crippen LogP contribution in [0.3, 0.4) is 0 Å². The van der Waals surface area contributed by atoms with Gasteiger partial charge in [-0.3, -0.25) is 5.01 Å². The van der Waals surface area contributed by atoms with Crippen molar-refractivity contribution in [2.24, 2.45) is 11.6 Å². The van der Waals surface area contributed by atoms with Crippen LogP contribution in [-0.2, 0) is 12.4 Å². The van der Waals surface area contributed by atoms with Gasteiger partial charge in [-0.1, -0.05) is 12.1 Å². The van der Waals surface area contributed by atoms with Crippen LogP contribution in [0.5, 0.6) is 5.75 Å². The molecule has 6 nitrogen and oxygen atoms in total. The lowest BCUT2D eigenvalue weighted by Gasteiger charge is -2.16. The number of aromatic nitrogens is 2. The van der Waals surface area contributed by atoms with Crippen molar-refractivity contribution in [1.29, 1.82) is 0 Å². The second-order valence-electron chi connectivity index (χ2n) is 6.56. The molecule has 3 aromatic rings. The molecule has 32 heavy (non-hydrogen) atoms. The summed E-state index contributed by atoms with van der Waals surface area (Å²) in [5, 5.41) is 4.20. The number of halogens is 6. The topological polar surface area (TPSA) is 82.3 Å². The first-order valence-corrected chi connectivity index (χ1v) is 8.90. The summed E-state index contributed by atoms with van der Waals surface area (Å²) in [5.41, 5.74) is 3.80. The van der Waals surface area contributed by atoms with Gasteiger partial charge in [0.15, 0.2) is 5.69 Å². The van der Waals surface area contributed by atoms with E-state index in [1.165, 1.54) is 25.4 Å². The Balaban J connectivity index is 1.90. The Bertz CT molecular complexity index is 1120. The SMILES string of the molecule is COc1cccc(/C(N)=C/N(N)c2ccc(-n3nc(C(F)(F)F)cc3C(F)(F)F)cc2)c1. The Morgan fingerprint density at radius 1 is 1.00 bits per heavy atom. The van der Waals surface area contributed by atoms with E-state index >= 15 is 0 Å². The van der Waals surface area contributed by atoms with Crippen molar-refractivity contribution in [2.45, 2.75) is 12.4 Å². The minimum Gasteiger partial charge on any atom is -0.497 e. The summed E-state index contributed by atoms with van der Waals surface area (Å²) in [6, 6.07) is 11.8. The van der Waals surface area contributed by atoms with Gasteiger partial charge < -0.3 is 10.5 Å². The van der Waals surface area contributed by atoms with E-state index < -0.39 is 23.7 Å². The van der Waals surface area contributed by atoms with Gasteiger partial charge in [0.2, 0.25) is 0 Å². The summed E-state index contributed by atoms with van der Waals surface area (Å²) in [5.74, 6) is 6.52. The molecule has 0 aliphatic rings. The van der Waals surface area contributed by atoms with Crippen molar-refractivity contribution in [3.8, 4) is 11.4 Å². The van der Waals surface area contributed by atoms with E-state index in [-0.39, 0.29) is 22.1 Å². The maximum absolute atomic E-state index is 13.2. The van der Waals surface area contributed by atoms with Crippen LogP contribution in [0.4, 0.5) is 32.0 Å². The zero-order valence-corrected chi connectivity index (χ0v) is 16.4. The van der Waals surface area contributed by atoms with Gasteiger partial charge in [-0.2, -0.15) is 31.4 Å². The second kappa shape index (κ2) is 8.46. The number of hydrazine groups is 1. The number of hydrogen-bond acceptors (Lipinski definition) is 5. The third-order valence-corrected chi connectivity index (χ3v) is 4.36. The van der Waals surface area contributed by atoms with Gasteiger partial charge in [0.05, 0.1) is 24.2 Å². The fourth-order valence-corrected chi connectivity index (χ4v) is 2.79. The number of rotatable bonds is 5. The predicted molar refractivity (Wildman–Crippen MR) is 105 cm³/mol. The number of methoxy groups -OCH3 is 1. The number of ether oxygens (including phenoxy) is 1. The molecule has 3 rings (SSSR count). The van der Waals surface area contributed by atoms with E-state index in [4.69, 9.17) is 16.3 Å². The average molecular weight is 457 g/mol. The Labute approximate surface area is 178 Å². The third kappa shape index (κ3) is 4.97. The highest BCUT2D eigenvalue weighted by Crippen LogP contribution is 2.36. The molecule has 0 radical (unpaired) electrons. The molecule has 4 N–H and O–H groups in total. The molecule has 170 valence electrons. The summed E-state index contributed by atoms with van der Waals surface area (Å²) in [4.78, 5) is 0. The van der Waals surface area contributed by atoms with Gasteiger partial charge in [0.1, 0.15) is 11.4 Å². The molecule has 1 aromatic heterocycles. The third-order valence-electron chi connectivity index (χ3n) is 4.36. The summed E-state index contributed by atoms with van der Waals surface area (Å²) in [6.07, 6.45) is -8.69. The highest BCUT2D eigenvalue weighted by molar-refractivity contribution is 5.67. The van der Waals surface area contributed by atoms with E-state index in [0.717, 1.165) is 17.1 Å². The first kappa shape index (κ1) is 23.0. The Kier molecular flexibility index (Phi) is 6.08. The van der Waals surface area contributed by atoms with Gasteiger partial charge in [-0.15, -0.1) is 0 Å². The number of hydrogen-bond donors (Lipinski definition) is 2. The fraction of sp³-hybridized carbons (Fsp3) is 0.150. The molecule has 0 atom stereocenters. The van der Waals surface area contributed by atoms with Crippen molar-refractivity contribution in [2.75, 3.05) is 12.1 Å². The maximum atomic E-state index is 13.2. The number of nitrogens with two attached hydrogens (primary N) is 2. The largest absolute Gasteiger partial charge is 0.497 e. The van der Waals surface area contributed by atoms with Crippen LogP contribution < -0.4 is 21.3 Å². The number of alkyl halides is 6. The molecule has 12 heteroatoms. The van der Waals surface area contributed by atoms with E-state index in [1.807, 2.05) is 0 Å². The molecule has 1 heterocycles. The second-order valence-corrected chi connectivity index (χ2v) is 6.56. The fourth-order valence-electron chi connectivity index (χ4n) is 2.79. The van der Waals surface area contributed by atoms with Gasteiger partial charge in [0.25, 0.3) is 0 Å². The van der Waals surface area contributed by atoms with Crippen molar-refractivity contribution >= 4 is 11.4 Å². The van der Waals surface area contributed by atoms with E-state index in [0.29, 0.717) is 17.0 Å². The summed E-state index contributed by atoms with van der Waals surface area (Å²) >= 11 is 0. The van der Waals surface area contributed by atoms with Crippen LogP contribution in [-0.4, -0.2) is 16.9 Å². The first-order valence-electron chi connectivity index (χ1n) is 8.90. The zero-order chi connectivity index (χ0) is 23.7. The van der Waals surface area contributed by atoms with Crippen LogP contribution in [0.25, 0.3) is 11.4 Å². The highest BCUT2D eigenvalue weighted by atomic mass is 19.4. The molecule has 0 aliphatic heterocycles. The Morgan fingerprint density at radius 2 is 1.66 bits per heavy atom. The predicted octanol–water partition coefficient (Wildman–Crippen LogP) is 4.56. The number of anilines is 1. The number of nitrogens with zero attached hydrogens (tertiary/aromatic N) is 3. The molecular formula is C20H17F6N5O. The van der Waals surface area contributed by atoms with Crippen molar-refractivity contribution in [3.63, 3.8) is 0 Å². The molecule has 0 unspecified atom stereocenters. The van der Waals surface area contributed by atoms with Gasteiger partial charge in [-0.05, 0) is 36.4 Å². The monoisotopic (exact) mass is 457 g/mol. The van der Waals surface area contributed by atoms with Crippen LogP contribution in [0.2, 0.25) is 0 Å². The maximum Gasteiger partial charge on any atom is 0.435 e. The lowest BCUT2D eigenvalue weighted by molar-refractivity contribution is -0.143. The van der Waals surface area contributed by atoms with Gasteiger partial charge >= 0.3 is 12.4 Å². The van der Waals surface area contributed by atoms with Crippen molar-refractivity contribution in [3.05, 3.63) is 77.7 Å². The summed E-state index contributed by atoms with van der Waals surface area (Å²) in [7, 11) is 1.50. The zero-order valence-electron chi connectivity index (χ0n) is 16.4. The van der Waals surface area contributed by atoms with Gasteiger partial charge in [0, 0.05) is 17.8 Å². The van der Waals surface area contributed by atoms with E-state index in [2.05, 4.69) is 5.10 Å².